The molecule has 1 amide bonds. The molecule has 2 atom stereocenters. The number of rotatable bonds is 6. The molecule has 0 saturated carbocycles. The highest BCUT2D eigenvalue weighted by atomic mass is 35.5. The van der Waals surface area contributed by atoms with Crippen LogP contribution in [0, 0.1) is 5.92 Å². The number of piperidine rings is 1. The minimum Gasteiger partial charge on any atom is -0.355 e. The summed E-state index contributed by atoms with van der Waals surface area (Å²) >= 11 is 6.73. The zero-order valence-electron chi connectivity index (χ0n) is 12.7. The van der Waals surface area contributed by atoms with Gasteiger partial charge in [0.25, 0.3) is 0 Å². The number of hydrogen-bond acceptors (Lipinski definition) is 5. The molecule has 0 bridgehead atoms. The van der Waals surface area contributed by atoms with E-state index >= 15 is 0 Å². The molecule has 0 aliphatic carbocycles. The van der Waals surface area contributed by atoms with Crippen LogP contribution in [0.5, 0.6) is 0 Å². The van der Waals surface area contributed by atoms with Crippen molar-refractivity contribution in [2.45, 2.75) is 30.0 Å². The van der Waals surface area contributed by atoms with Crippen LogP contribution < -0.4 is 15.4 Å². The molecule has 0 spiro atoms. The number of halogens is 2. The van der Waals surface area contributed by atoms with E-state index in [0.29, 0.717) is 10.4 Å². The fourth-order valence-corrected chi connectivity index (χ4v) is 4.96. The quantitative estimate of drug-likeness (QED) is 0.631. The molecule has 10 heteroatoms. The molecule has 1 aromatic heterocycles. The Kier molecular flexibility index (Phi) is 8.26. The summed E-state index contributed by atoms with van der Waals surface area (Å²) in [5, 5.41) is 6.08. The summed E-state index contributed by atoms with van der Waals surface area (Å²) in [5.74, 6) is -0.00400. The van der Waals surface area contributed by atoms with Gasteiger partial charge in [-0.15, -0.1) is 23.7 Å². The van der Waals surface area contributed by atoms with Crippen LogP contribution in [0.4, 0.5) is 0 Å². The van der Waals surface area contributed by atoms with Gasteiger partial charge in [-0.3, -0.25) is 4.79 Å². The summed E-state index contributed by atoms with van der Waals surface area (Å²) in [6.07, 6.45) is 1.63. The van der Waals surface area contributed by atoms with Crippen molar-refractivity contribution in [3.05, 3.63) is 16.5 Å². The Morgan fingerprint density at radius 2 is 2.17 bits per heavy atom. The number of thiophene rings is 1. The average molecular weight is 402 g/mol. The molecule has 132 valence electrons. The van der Waals surface area contributed by atoms with E-state index in [0.717, 1.165) is 30.7 Å². The Hall–Kier alpha value is -0.380. The highest BCUT2D eigenvalue weighted by molar-refractivity contribution is 7.91. The second-order valence-electron chi connectivity index (χ2n) is 5.32. The number of nitrogens with one attached hydrogen (secondary N) is 3. The molecule has 2 heterocycles. The minimum absolute atomic E-state index is 0. The van der Waals surface area contributed by atoms with Gasteiger partial charge in [0.15, 0.2) is 0 Å². The molecule has 6 nitrogen and oxygen atoms in total. The zero-order valence-corrected chi connectivity index (χ0v) is 15.9. The maximum Gasteiger partial charge on any atom is 0.250 e. The Balaban J connectivity index is 0.00000264. The summed E-state index contributed by atoms with van der Waals surface area (Å²) in [6, 6.07) is 3.34. The molecular weight excluding hydrogens is 381 g/mol. The Morgan fingerprint density at radius 3 is 2.78 bits per heavy atom. The minimum atomic E-state index is -3.55. The number of hydrogen-bond donors (Lipinski definition) is 3. The largest absolute Gasteiger partial charge is 0.355 e. The van der Waals surface area contributed by atoms with Crippen LogP contribution in [0.1, 0.15) is 19.8 Å². The second kappa shape index (κ2) is 9.19. The third-order valence-corrected chi connectivity index (χ3v) is 6.71. The van der Waals surface area contributed by atoms with Crippen LogP contribution in [0.3, 0.4) is 0 Å². The fourth-order valence-electron chi connectivity index (χ4n) is 2.40. The standard InChI is InChI=1S/C13H20ClN3O3S2.ClH/c1-9-8-10(4-5-15-9)13(18)16-6-7-17-22(19,20)12-3-2-11(14)21-12;/h2-3,9-10,15,17H,4-8H2,1H3,(H,16,18);1H/t9-,10-;/m0./s1. The van der Waals surface area contributed by atoms with Crippen molar-refractivity contribution in [2.24, 2.45) is 5.92 Å². The van der Waals surface area contributed by atoms with Crippen LogP contribution in [-0.2, 0) is 14.8 Å². The fraction of sp³-hybridized carbons (Fsp3) is 0.615. The number of sulfonamides is 1. The van der Waals surface area contributed by atoms with E-state index in [9.17, 15) is 13.2 Å². The lowest BCUT2D eigenvalue weighted by molar-refractivity contribution is -0.126. The van der Waals surface area contributed by atoms with E-state index in [4.69, 9.17) is 11.6 Å². The van der Waals surface area contributed by atoms with E-state index in [2.05, 4.69) is 22.3 Å². The van der Waals surface area contributed by atoms with Crippen molar-refractivity contribution in [2.75, 3.05) is 19.6 Å². The molecule has 1 fully saturated rings. The first kappa shape index (κ1) is 20.7. The summed E-state index contributed by atoms with van der Waals surface area (Å²) < 4.78 is 27.0. The Bertz CT molecular complexity index is 622. The zero-order chi connectivity index (χ0) is 16.2. The molecule has 1 aromatic rings. The van der Waals surface area contributed by atoms with Gasteiger partial charge in [0.2, 0.25) is 15.9 Å². The normalized spacial score (nSPS) is 21.5. The van der Waals surface area contributed by atoms with Gasteiger partial charge in [0.1, 0.15) is 4.21 Å². The molecule has 2 rings (SSSR count). The van der Waals surface area contributed by atoms with E-state index in [1.54, 1.807) is 6.07 Å². The van der Waals surface area contributed by atoms with Gasteiger partial charge in [-0.05, 0) is 38.4 Å². The third-order valence-electron chi connectivity index (χ3n) is 3.52. The molecule has 1 aliphatic rings. The van der Waals surface area contributed by atoms with Crippen LogP contribution >= 0.6 is 35.3 Å². The van der Waals surface area contributed by atoms with Gasteiger partial charge >= 0.3 is 0 Å². The third kappa shape index (κ3) is 6.21. The first-order valence-corrected chi connectivity index (χ1v) is 9.82. The topological polar surface area (TPSA) is 87.3 Å². The van der Waals surface area contributed by atoms with Gasteiger partial charge in [0.05, 0.1) is 4.34 Å². The summed E-state index contributed by atoms with van der Waals surface area (Å²) in [7, 11) is -3.55. The first-order chi connectivity index (χ1) is 10.4. The van der Waals surface area contributed by atoms with Crippen LogP contribution in [0.2, 0.25) is 4.34 Å². The van der Waals surface area contributed by atoms with Crippen molar-refractivity contribution in [3.8, 4) is 0 Å². The molecule has 0 radical (unpaired) electrons. The van der Waals surface area contributed by atoms with Crippen molar-refractivity contribution in [3.63, 3.8) is 0 Å². The van der Waals surface area contributed by atoms with E-state index in [1.807, 2.05) is 0 Å². The van der Waals surface area contributed by atoms with Crippen LogP contribution in [0.25, 0.3) is 0 Å². The molecule has 3 N–H and O–H groups in total. The Morgan fingerprint density at radius 1 is 1.43 bits per heavy atom. The number of carbonyl (C=O) groups is 1. The monoisotopic (exact) mass is 401 g/mol. The maximum absolute atomic E-state index is 12.0. The second-order valence-corrected chi connectivity index (χ2v) is 9.03. The molecule has 1 saturated heterocycles. The molecule has 23 heavy (non-hydrogen) atoms. The first-order valence-electron chi connectivity index (χ1n) is 7.14. The van der Waals surface area contributed by atoms with E-state index < -0.39 is 10.0 Å². The number of carbonyl (C=O) groups excluding carboxylic acids is 1. The van der Waals surface area contributed by atoms with Crippen molar-refractivity contribution < 1.29 is 13.2 Å². The predicted molar refractivity (Wildman–Crippen MR) is 95.0 cm³/mol. The van der Waals surface area contributed by atoms with Gasteiger partial charge in [-0.2, -0.15) is 0 Å². The summed E-state index contributed by atoms with van der Waals surface area (Å²) in [5.41, 5.74) is 0. The van der Waals surface area contributed by atoms with Gasteiger partial charge in [0, 0.05) is 25.0 Å². The van der Waals surface area contributed by atoms with E-state index in [-0.39, 0.29) is 41.5 Å². The van der Waals surface area contributed by atoms with Crippen molar-refractivity contribution in [1.82, 2.24) is 15.4 Å². The lowest BCUT2D eigenvalue weighted by Gasteiger charge is -2.27. The molecule has 0 aromatic carbocycles. The highest BCUT2D eigenvalue weighted by Gasteiger charge is 2.24. The van der Waals surface area contributed by atoms with Crippen molar-refractivity contribution in [1.29, 1.82) is 0 Å². The van der Waals surface area contributed by atoms with E-state index in [1.165, 1.54) is 6.07 Å². The van der Waals surface area contributed by atoms with Crippen LogP contribution in [0.15, 0.2) is 16.3 Å². The lowest BCUT2D eigenvalue weighted by atomic mass is 9.92. The molecular formula is C13H21Cl2N3O3S2. The average Bonchev–Trinajstić information content (AvgIpc) is 2.91. The van der Waals surface area contributed by atoms with Crippen LogP contribution in [-0.4, -0.2) is 40.0 Å². The smallest absolute Gasteiger partial charge is 0.250 e. The molecule has 0 unspecified atom stereocenters. The predicted octanol–water partition coefficient (Wildman–Crippen LogP) is 1.61. The summed E-state index contributed by atoms with van der Waals surface area (Å²) in [6.45, 7) is 3.32. The van der Waals surface area contributed by atoms with Gasteiger partial charge in [-0.25, -0.2) is 13.1 Å². The number of amides is 1. The summed E-state index contributed by atoms with van der Waals surface area (Å²) in [4.78, 5) is 12.0. The van der Waals surface area contributed by atoms with Crippen molar-refractivity contribution >= 4 is 51.3 Å². The van der Waals surface area contributed by atoms with Gasteiger partial charge < -0.3 is 10.6 Å². The highest BCUT2D eigenvalue weighted by Crippen LogP contribution is 2.25. The molecule has 1 aliphatic heterocycles. The maximum atomic E-state index is 12.0. The lowest BCUT2D eigenvalue weighted by Crippen LogP contribution is -2.44. The SMILES string of the molecule is C[C@H]1C[C@@H](C(=O)NCCNS(=O)(=O)c2ccc(Cl)s2)CCN1.Cl. The Labute approximate surface area is 151 Å². The van der Waals surface area contributed by atoms with Gasteiger partial charge in [-0.1, -0.05) is 11.6 Å².